The number of nitrogens with one attached hydrogen (secondary N) is 1. The lowest BCUT2D eigenvalue weighted by atomic mass is 9.98. The first-order valence-corrected chi connectivity index (χ1v) is 8.24. The van der Waals surface area contributed by atoms with Gasteiger partial charge in [0.25, 0.3) is 0 Å². The molecule has 0 aromatic heterocycles. The zero-order chi connectivity index (χ0) is 14.1. The van der Waals surface area contributed by atoms with Gasteiger partial charge in [-0.2, -0.15) is 0 Å². The van der Waals surface area contributed by atoms with Crippen molar-refractivity contribution >= 4 is 11.6 Å². The van der Waals surface area contributed by atoms with Crippen LogP contribution < -0.4 is 10.1 Å². The van der Waals surface area contributed by atoms with Gasteiger partial charge in [-0.3, -0.25) is 0 Å². The molecule has 0 saturated heterocycles. The average Bonchev–Trinajstić information content (AvgIpc) is 2.95. The van der Waals surface area contributed by atoms with Crippen LogP contribution >= 0.6 is 11.6 Å². The Hall–Kier alpha value is -0.730. The van der Waals surface area contributed by atoms with Gasteiger partial charge in [-0.05, 0) is 60.9 Å². The summed E-state index contributed by atoms with van der Waals surface area (Å²) in [5, 5.41) is 4.57. The lowest BCUT2D eigenvalue weighted by molar-refractivity contribution is 0.349. The van der Waals surface area contributed by atoms with E-state index < -0.39 is 0 Å². The Kier molecular flexibility index (Phi) is 4.23. The van der Waals surface area contributed by atoms with Crippen molar-refractivity contribution < 1.29 is 4.74 Å². The van der Waals surface area contributed by atoms with Gasteiger partial charge in [-0.25, -0.2) is 0 Å². The third kappa shape index (κ3) is 2.96. The molecule has 1 N–H and O–H groups in total. The van der Waals surface area contributed by atoms with Crippen molar-refractivity contribution in [3.05, 3.63) is 28.3 Å². The molecule has 0 radical (unpaired) electrons. The number of halogens is 1. The van der Waals surface area contributed by atoms with Crippen molar-refractivity contribution in [1.82, 2.24) is 5.32 Å². The van der Waals surface area contributed by atoms with E-state index in [9.17, 15) is 0 Å². The van der Waals surface area contributed by atoms with E-state index in [-0.39, 0.29) is 0 Å². The monoisotopic (exact) mass is 293 g/mol. The molecule has 2 nitrogen and oxygen atoms in total. The highest BCUT2D eigenvalue weighted by Crippen LogP contribution is 2.43. The van der Waals surface area contributed by atoms with Gasteiger partial charge in [0.1, 0.15) is 5.75 Å². The molecule has 0 bridgehead atoms. The first-order valence-electron chi connectivity index (χ1n) is 7.86. The van der Waals surface area contributed by atoms with Crippen molar-refractivity contribution in [1.29, 1.82) is 0 Å². The summed E-state index contributed by atoms with van der Waals surface area (Å²) in [6.07, 6.45) is 4.57. The Bertz CT molecular complexity index is 488. The SMILES string of the molecule is CCCNC(Cc1cc(Cl)cc2c1OCC2)C1CC1C. The van der Waals surface area contributed by atoms with Crippen molar-refractivity contribution in [2.24, 2.45) is 11.8 Å². The largest absolute Gasteiger partial charge is 0.493 e. The third-order valence-corrected chi connectivity index (χ3v) is 4.83. The van der Waals surface area contributed by atoms with Gasteiger partial charge < -0.3 is 10.1 Å². The molecule has 1 fully saturated rings. The van der Waals surface area contributed by atoms with Gasteiger partial charge in [-0.15, -0.1) is 0 Å². The van der Waals surface area contributed by atoms with Crippen molar-refractivity contribution in [3.63, 3.8) is 0 Å². The molecule has 20 heavy (non-hydrogen) atoms. The molecule has 0 spiro atoms. The fourth-order valence-electron chi connectivity index (χ4n) is 3.35. The van der Waals surface area contributed by atoms with E-state index in [0.717, 1.165) is 48.6 Å². The van der Waals surface area contributed by atoms with Gasteiger partial charge >= 0.3 is 0 Å². The van der Waals surface area contributed by atoms with E-state index in [4.69, 9.17) is 16.3 Å². The maximum atomic E-state index is 6.26. The first kappa shape index (κ1) is 14.2. The van der Waals surface area contributed by atoms with E-state index in [0.29, 0.717) is 6.04 Å². The molecule has 1 heterocycles. The third-order valence-electron chi connectivity index (χ3n) is 4.61. The van der Waals surface area contributed by atoms with Crippen LogP contribution in [0.5, 0.6) is 5.75 Å². The van der Waals surface area contributed by atoms with Crippen LogP contribution in [0.1, 0.15) is 37.8 Å². The van der Waals surface area contributed by atoms with E-state index in [1.54, 1.807) is 0 Å². The average molecular weight is 294 g/mol. The summed E-state index contributed by atoms with van der Waals surface area (Å²) in [6.45, 7) is 6.47. The molecule has 0 amide bonds. The van der Waals surface area contributed by atoms with E-state index >= 15 is 0 Å². The van der Waals surface area contributed by atoms with Crippen molar-refractivity contribution in [2.45, 2.75) is 45.6 Å². The fraction of sp³-hybridized carbons (Fsp3) is 0.647. The van der Waals surface area contributed by atoms with Gasteiger partial charge in [0, 0.05) is 17.5 Å². The van der Waals surface area contributed by atoms with Crippen LogP contribution in [0.3, 0.4) is 0 Å². The predicted molar refractivity (Wildman–Crippen MR) is 83.7 cm³/mol. The molecule has 1 aromatic carbocycles. The molecule has 3 heteroatoms. The molecule has 3 unspecified atom stereocenters. The zero-order valence-electron chi connectivity index (χ0n) is 12.4. The van der Waals surface area contributed by atoms with Crippen molar-refractivity contribution in [2.75, 3.05) is 13.2 Å². The Morgan fingerprint density at radius 1 is 1.45 bits per heavy atom. The van der Waals surface area contributed by atoms with E-state index in [1.165, 1.54) is 24.0 Å². The number of fused-ring (bicyclic) bond motifs is 1. The molecular formula is C17H24ClNO. The molecule has 1 aliphatic carbocycles. The van der Waals surface area contributed by atoms with Gasteiger partial charge in [0.2, 0.25) is 0 Å². The summed E-state index contributed by atoms with van der Waals surface area (Å²) in [4.78, 5) is 0. The first-order chi connectivity index (χ1) is 9.69. The Balaban J connectivity index is 1.78. The smallest absolute Gasteiger partial charge is 0.125 e. The van der Waals surface area contributed by atoms with Crippen LogP contribution in [0.15, 0.2) is 12.1 Å². The molecule has 2 aliphatic rings. The molecule has 1 aliphatic heterocycles. The molecule has 1 aromatic rings. The topological polar surface area (TPSA) is 21.3 Å². The highest BCUT2D eigenvalue weighted by Gasteiger charge is 2.39. The maximum absolute atomic E-state index is 6.26. The van der Waals surface area contributed by atoms with Crippen LogP contribution in [-0.2, 0) is 12.8 Å². The molecule has 3 rings (SSSR count). The summed E-state index contributed by atoms with van der Waals surface area (Å²) in [5.41, 5.74) is 2.57. The second kappa shape index (κ2) is 5.95. The second-order valence-corrected chi connectivity index (χ2v) is 6.73. The fourth-order valence-corrected chi connectivity index (χ4v) is 3.61. The van der Waals surface area contributed by atoms with E-state index in [2.05, 4.69) is 31.3 Å². The minimum atomic E-state index is 0.566. The summed E-state index contributed by atoms with van der Waals surface area (Å²) >= 11 is 6.26. The van der Waals surface area contributed by atoms with Crippen LogP contribution in [0.2, 0.25) is 5.02 Å². The van der Waals surface area contributed by atoms with Crippen molar-refractivity contribution in [3.8, 4) is 5.75 Å². The number of hydrogen-bond donors (Lipinski definition) is 1. The molecule has 3 atom stereocenters. The molecule has 1 saturated carbocycles. The molecular weight excluding hydrogens is 270 g/mol. The minimum absolute atomic E-state index is 0.566. The number of rotatable bonds is 6. The lowest BCUT2D eigenvalue weighted by Crippen LogP contribution is -2.34. The van der Waals surface area contributed by atoms with Crippen LogP contribution in [0, 0.1) is 11.8 Å². The van der Waals surface area contributed by atoms with Crippen LogP contribution in [-0.4, -0.2) is 19.2 Å². The second-order valence-electron chi connectivity index (χ2n) is 6.29. The van der Waals surface area contributed by atoms with Gasteiger partial charge in [0.05, 0.1) is 6.61 Å². The predicted octanol–water partition coefficient (Wildman–Crippen LogP) is 3.84. The summed E-state index contributed by atoms with van der Waals surface area (Å²) in [7, 11) is 0. The lowest BCUT2D eigenvalue weighted by Gasteiger charge is -2.20. The molecule has 110 valence electrons. The summed E-state index contributed by atoms with van der Waals surface area (Å²) in [6, 6.07) is 4.72. The number of benzene rings is 1. The highest BCUT2D eigenvalue weighted by atomic mass is 35.5. The highest BCUT2D eigenvalue weighted by molar-refractivity contribution is 6.30. The van der Waals surface area contributed by atoms with Crippen LogP contribution in [0.25, 0.3) is 0 Å². The minimum Gasteiger partial charge on any atom is -0.493 e. The Morgan fingerprint density at radius 3 is 2.95 bits per heavy atom. The van der Waals surface area contributed by atoms with Crippen LogP contribution in [0.4, 0.5) is 0 Å². The Labute approximate surface area is 126 Å². The quantitative estimate of drug-likeness (QED) is 0.860. The standard InChI is InChI=1S/C17H24ClNO/c1-3-5-19-16(15-7-11(15)2)10-13-9-14(18)8-12-4-6-20-17(12)13/h8-9,11,15-16,19H,3-7,10H2,1-2H3. The maximum Gasteiger partial charge on any atom is 0.125 e. The van der Waals surface area contributed by atoms with Gasteiger partial charge in [-0.1, -0.05) is 25.4 Å². The van der Waals surface area contributed by atoms with E-state index in [1.807, 2.05) is 0 Å². The summed E-state index contributed by atoms with van der Waals surface area (Å²) < 4.78 is 5.83. The zero-order valence-corrected chi connectivity index (χ0v) is 13.2. The Morgan fingerprint density at radius 2 is 2.25 bits per heavy atom. The number of ether oxygens (including phenoxy) is 1. The normalized spacial score (nSPS) is 25.1. The summed E-state index contributed by atoms with van der Waals surface area (Å²) in [5.74, 6) is 2.78. The van der Waals surface area contributed by atoms with Gasteiger partial charge in [0.15, 0.2) is 0 Å². The number of hydrogen-bond acceptors (Lipinski definition) is 2.